The molecule has 0 aromatic carbocycles. The smallest absolute Gasteiger partial charge is 0.0934 e. The van der Waals surface area contributed by atoms with Gasteiger partial charge in [0, 0.05) is 17.5 Å². The fraction of sp³-hybridized carbons (Fsp3) is 0.786. The van der Waals surface area contributed by atoms with E-state index in [0.29, 0.717) is 10.8 Å². The van der Waals surface area contributed by atoms with Crippen LogP contribution >= 0.6 is 11.3 Å². The van der Waals surface area contributed by atoms with Crippen molar-refractivity contribution in [3.05, 3.63) is 16.1 Å². The van der Waals surface area contributed by atoms with Crippen molar-refractivity contribution in [3.8, 4) is 0 Å². The van der Waals surface area contributed by atoms with E-state index in [9.17, 15) is 0 Å². The standard InChI is InChI=1S/C14H24N2S/c1-11-9-17-12(16-11)8-14(10-15)6-4-13(2,3)5-7-14/h9H,4-8,10,15H2,1-3H3. The highest BCUT2D eigenvalue weighted by Gasteiger charge is 2.37. The summed E-state index contributed by atoms with van der Waals surface area (Å²) in [4.78, 5) is 4.60. The summed E-state index contributed by atoms with van der Waals surface area (Å²) in [5.74, 6) is 0. The van der Waals surface area contributed by atoms with Crippen molar-refractivity contribution < 1.29 is 0 Å². The minimum Gasteiger partial charge on any atom is -0.330 e. The lowest BCUT2D eigenvalue weighted by molar-refractivity contribution is 0.108. The van der Waals surface area contributed by atoms with Crippen molar-refractivity contribution >= 4 is 11.3 Å². The number of hydrogen-bond donors (Lipinski definition) is 1. The first-order chi connectivity index (χ1) is 7.95. The average Bonchev–Trinajstić information content (AvgIpc) is 2.68. The van der Waals surface area contributed by atoms with Gasteiger partial charge in [-0.3, -0.25) is 0 Å². The van der Waals surface area contributed by atoms with Crippen LogP contribution in [-0.2, 0) is 6.42 Å². The second-order valence-electron chi connectivity index (χ2n) is 6.43. The van der Waals surface area contributed by atoms with Gasteiger partial charge in [-0.2, -0.15) is 0 Å². The first-order valence-electron chi connectivity index (χ1n) is 6.56. The summed E-state index contributed by atoms with van der Waals surface area (Å²) in [5.41, 5.74) is 8.04. The molecule has 1 aliphatic carbocycles. The van der Waals surface area contributed by atoms with Crippen LogP contribution in [0.3, 0.4) is 0 Å². The van der Waals surface area contributed by atoms with Crippen LogP contribution in [0.15, 0.2) is 5.38 Å². The molecule has 0 aliphatic heterocycles. The molecule has 2 rings (SSSR count). The van der Waals surface area contributed by atoms with Gasteiger partial charge in [0.05, 0.1) is 5.01 Å². The number of aryl methyl sites for hydroxylation is 1. The van der Waals surface area contributed by atoms with Crippen LogP contribution in [0.4, 0.5) is 0 Å². The van der Waals surface area contributed by atoms with Gasteiger partial charge in [-0.1, -0.05) is 13.8 Å². The van der Waals surface area contributed by atoms with Crippen molar-refractivity contribution in [1.82, 2.24) is 4.98 Å². The molecule has 0 unspecified atom stereocenters. The maximum absolute atomic E-state index is 6.06. The Morgan fingerprint density at radius 1 is 1.29 bits per heavy atom. The summed E-state index contributed by atoms with van der Waals surface area (Å²) in [6.07, 6.45) is 6.20. The summed E-state index contributed by atoms with van der Waals surface area (Å²) in [5, 5.41) is 3.42. The Labute approximate surface area is 109 Å². The lowest BCUT2D eigenvalue weighted by Crippen LogP contribution is -2.38. The van der Waals surface area contributed by atoms with E-state index in [1.165, 1.54) is 30.7 Å². The van der Waals surface area contributed by atoms with Crippen molar-refractivity contribution in [3.63, 3.8) is 0 Å². The van der Waals surface area contributed by atoms with E-state index in [1.807, 2.05) is 0 Å². The fourth-order valence-electron chi connectivity index (χ4n) is 2.71. The zero-order valence-electron chi connectivity index (χ0n) is 11.3. The number of nitrogens with two attached hydrogens (primary N) is 1. The van der Waals surface area contributed by atoms with Crippen LogP contribution in [-0.4, -0.2) is 11.5 Å². The quantitative estimate of drug-likeness (QED) is 0.893. The minimum atomic E-state index is 0.319. The predicted octanol–water partition coefficient (Wildman–Crippen LogP) is 3.54. The third kappa shape index (κ3) is 3.08. The van der Waals surface area contributed by atoms with Crippen LogP contribution < -0.4 is 5.73 Å². The first kappa shape index (κ1) is 13.0. The molecule has 96 valence electrons. The lowest BCUT2D eigenvalue weighted by atomic mass is 9.64. The van der Waals surface area contributed by atoms with E-state index in [4.69, 9.17) is 5.73 Å². The van der Waals surface area contributed by atoms with Crippen molar-refractivity contribution in [2.75, 3.05) is 6.54 Å². The zero-order chi connectivity index (χ0) is 12.5. The molecular weight excluding hydrogens is 228 g/mol. The van der Waals surface area contributed by atoms with Gasteiger partial charge in [0.1, 0.15) is 0 Å². The molecule has 2 N–H and O–H groups in total. The number of aromatic nitrogens is 1. The Balaban J connectivity index is 2.06. The molecule has 1 aromatic heterocycles. The zero-order valence-corrected chi connectivity index (χ0v) is 12.1. The van der Waals surface area contributed by atoms with Crippen LogP contribution in [0.25, 0.3) is 0 Å². The monoisotopic (exact) mass is 252 g/mol. The van der Waals surface area contributed by atoms with Gasteiger partial charge < -0.3 is 5.73 Å². The average molecular weight is 252 g/mol. The number of hydrogen-bond acceptors (Lipinski definition) is 3. The highest BCUT2D eigenvalue weighted by Crippen LogP contribution is 2.46. The van der Waals surface area contributed by atoms with E-state index in [2.05, 4.69) is 31.1 Å². The molecule has 0 atom stereocenters. The molecule has 0 amide bonds. The second-order valence-corrected chi connectivity index (χ2v) is 7.37. The van der Waals surface area contributed by atoms with Gasteiger partial charge in [0.2, 0.25) is 0 Å². The first-order valence-corrected chi connectivity index (χ1v) is 7.44. The lowest BCUT2D eigenvalue weighted by Gasteiger charge is -2.42. The third-order valence-electron chi connectivity index (χ3n) is 4.29. The number of nitrogens with zero attached hydrogens (tertiary/aromatic N) is 1. The molecule has 17 heavy (non-hydrogen) atoms. The minimum absolute atomic E-state index is 0.319. The molecule has 1 aliphatic rings. The maximum Gasteiger partial charge on any atom is 0.0934 e. The molecule has 3 heteroatoms. The van der Waals surface area contributed by atoms with Gasteiger partial charge in [-0.25, -0.2) is 4.98 Å². The summed E-state index contributed by atoms with van der Waals surface area (Å²) < 4.78 is 0. The Morgan fingerprint density at radius 2 is 1.94 bits per heavy atom. The maximum atomic E-state index is 6.06. The Bertz CT molecular complexity index is 371. The summed E-state index contributed by atoms with van der Waals surface area (Å²) in [7, 11) is 0. The fourth-order valence-corrected chi connectivity index (χ4v) is 3.66. The Kier molecular flexibility index (Phi) is 3.60. The SMILES string of the molecule is Cc1csc(CC2(CN)CCC(C)(C)CC2)n1. The van der Waals surface area contributed by atoms with Gasteiger partial charge in [0.25, 0.3) is 0 Å². The van der Waals surface area contributed by atoms with Crippen molar-refractivity contribution in [1.29, 1.82) is 0 Å². The van der Waals surface area contributed by atoms with Crippen LogP contribution in [0.2, 0.25) is 0 Å². The van der Waals surface area contributed by atoms with E-state index in [0.717, 1.165) is 18.7 Å². The summed E-state index contributed by atoms with van der Waals surface area (Å²) >= 11 is 1.79. The topological polar surface area (TPSA) is 38.9 Å². The van der Waals surface area contributed by atoms with Crippen LogP contribution in [0.1, 0.15) is 50.2 Å². The number of thiazole rings is 1. The number of rotatable bonds is 3. The molecule has 1 heterocycles. The molecule has 1 saturated carbocycles. The van der Waals surface area contributed by atoms with Crippen molar-refractivity contribution in [2.24, 2.45) is 16.6 Å². The molecule has 0 spiro atoms. The highest BCUT2D eigenvalue weighted by molar-refractivity contribution is 7.09. The van der Waals surface area contributed by atoms with E-state index < -0.39 is 0 Å². The normalized spacial score (nSPS) is 22.6. The van der Waals surface area contributed by atoms with Gasteiger partial charge in [-0.05, 0) is 50.0 Å². The Hall–Kier alpha value is -0.410. The van der Waals surface area contributed by atoms with Crippen molar-refractivity contribution in [2.45, 2.75) is 52.9 Å². The highest BCUT2D eigenvalue weighted by atomic mass is 32.1. The predicted molar refractivity (Wildman–Crippen MR) is 74.3 cm³/mol. The molecule has 0 bridgehead atoms. The van der Waals surface area contributed by atoms with E-state index in [-0.39, 0.29) is 0 Å². The largest absolute Gasteiger partial charge is 0.330 e. The molecule has 0 radical (unpaired) electrons. The van der Waals surface area contributed by atoms with Gasteiger partial charge in [-0.15, -0.1) is 11.3 Å². The van der Waals surface area contributed by atoms with Crippen LogP contribution in [0, 0.1) is 17.8 Å². The van der Waals surface area contributed by atoms with E-state index >= 15 is 0 Å². The molecule has 1 fully saturated rings. The van der Waals surface area contributed by atoms with E-state index in [1.54, 1.807) is 11.3 Å². The van der Waals surface area contributed by atoms with Gasteiger partial charge in [0.15, 0.2) is 0 Å². The molecule has 2 nitrogen and oxygen atoms in total. The van der Waals surface area contributed by atoms with Gasteiger partial charge >= 0.3 is 0 Å². The third-order valence-corrected chi connectivity index (χ3v) is 5.26. The van der Waals surface area contributed by atoms with Crippen LogP contribution in [0.5, 0.6) is 0 Å². The molecule has 1 aromatic rings. The molecular formula is C14H24N2S. The second kappa shape index (κ2) is 4.69. The Morgan fingerprint density at radius 3 is 2.41 bits per heavy atom. The summed E-state index contributed by atoms with van der Waals surface area (Å²) in [6, 6.07) is 0. The molecule has 0 saturated heterocycles. The summed E-state index contributed by atoms with van der Waals surface area (Å²) in [6.45, 7) is 7.63.